The lowest BCUT2D eigenvalue weighted by Gasteiger charge is -2.26. The number of carboxylic acids is 1. The Hall–Kier alpha value is -1.56. The summed E-state index contributed by atoms with van der Waals surface area (Å²) in [4.78, 5) is 23.4. The molecule has 6 heteroatoms. The predicted molar refractivity (Wildman–Crippen MR) is 90.8 cm³/mol. The van der Waals surface area contributed by atoms with Gasteiger partial charge in [-0.15, -0.1) is 0 Å². The SMILES string of the molecule is CC(C)Oc1cc(Br)cc(C(=O)NC2CCC(C(=O)O)CC2)c1. The molecule has 2 N–H and O–H groups in total. The number of rotatable bonds is 5. The zero-order valence-corrected chi connectivity index (χ0v) is 14.9. The van der Waals surface area contributed by atoms with Gasteiger partial charge in [0, 0.05) is 16.1 Å². The Morgan fingerprint density at radius 3 is 2.43 bits per heavy atom. The first kappa shape index (κ1) is 17.8. The highest BCUT2D eigenvalue weighted by Crippen LogP contribution is 2.26. The van der Waals surface area contributed by atoms with E-state index in [1.807, 2.05) is 19.9 Å². The highest BCUT2D eigenvalue weighted by Gasteiger charge is 2.27. The number of hydrogen-bond donors (Lipinski definition) is 2. The van der Waals surface area contributed by atoms with Gasteiger partial charge in [-0.2, -0.15) is 0 Å². The minimum atomic E-state index is -0.739. The van der Waals surface area contributed by atoms with Crippen molar-refractivity contribution in [3.8, 4) is 5.75 Å². The third kappa shape index (κ3) is 5.23. The maximum Gasteiger partial charge on any atom is 0.306 e. The molecule has 0 spiro atoms. The molecule has 0 saturated heterocycles. The van der Waals surface area contributed by atoms with Gasteiger partial charge in [-0.25, -0.2) is 0 Å². The van der Waals surface area contributed by atoms with Crippen molar-refractivity contribution < 1.29 is 19.4 Å². The number of aliphatic carboxylic acids is 1. The summed E-state index contributed by atoms with van der Waals surface area (Å²) >= 11 is 3.39. The van der Waals surface area contributed by atoms with E-state index < -0.39 is 5.97 Å². The summed E-state index contributed by atoms with van der Waals surface area (Å²) in [5.41, 5.74) is 0.537. The summed E-state index contributed by atoms with van der Waals surface area (Å²) in [5, 5.41) is 12.0. The van der Waals surface area contributed by atoms with E-state index in [1.54, 1.807) is 12.1 Å². The molecule has 1 amide bonds. The standard InChI is InChI=1S/C17H22BrNO4/c1-10(2)23-15-8-12(7-13(18)9-15)16(20)19-14-5-3-11(4-6-14)17(21)22/h7-11,14H,3-6H2,1-2H3,(H,19,20)(H,21,22). The van der Waals surface area contributed by atoms with Crippen molar-refractivity contribution in [2.45, 2.75) is 51.7 Å². The van der Waals surface area contributed by atoms with Gasteiger partial charge in [0.1, 0.15) is 5.75 Å². The van der Waals surface area contributed by atoms with Crippen LogP contribution in [-0.4, -0.2) is 29.1 Å². The Morgan fingerprint density at radius 1 is 1.22 bits per heavy atom. The number of ether oxygens (including phenoxy) is 1. The normalized spacial score (nSPS) is 21.0. The van der Waals surface area contributed by atoms with E-state index in [0.29, 0.717) is 37.0 Å². The molecular formula is C17H22BrNO4. The van der Waals surface area contributed by atoms with Crippen LogP contribution in [0.4, 0.5) is 0 Å². The van der Waals surface area contributed by atoms with Gasteiger partial charge >= 0.3 is 5.97 Å². The maximum absolute atomic E-state index is 12.4. The fraction of sp³-hybridized carbons (Fsp3) is 0.529. The Bertz CT molecular complexity index is 580. The molecule has 0 unspecified atom stereocenters. The molecule has 1 saturated carbocycles. The lowest BCUT2D eigenvalue weighted by molar-refractivity contribution is -0.142. The van der Waals surface area contributed by atoms with E-state index >= 15 is 0 Å². The smallest absolute Gasteiger partial charge is 0.306 e. The van der Waals surface area contributed by atoms with Crippen LogP contribution in [0.15, 0.2) is 22.7 Å². The number of carbonyl (C=O) groups is 2. The summed E-state index contributed by atoms with van der Waals surface area (Å²) in [6.45, 7) is 3.86. The van der Waals surface area contributed by atoms with Crippen LogP contribution >= 0.6 is 15.9 Å². The lowest BCUT2D eigenvalue weighted by Crippen LogP contribution is -2.38. The number of carboxylic acid groups (broad SMARTS) is 1. The Morgan fingerprint density at radius 2 is 1.87 bits per heavy atom. The van der Waals surface area contributed by atoms with Gasteiger partial charge in [0.2, 0.25) is 0 Å². The highest BCUT2D eigenvalue weighted by molar-refractivity contribution is 9.10. The molecule has 23 heavy (non-hydrogen) atoms. The third-order valence-electron chi connectivity index (χ3n) is 3.92. The van der Waals surface area contributed by atoms with E-state index in [4.69, 9.17) is 9.84 Å². The summed E-state index contributed by atoms with van der Waals surface area (Å²) in [5.74, 6) is -0.523. The summed E-state index contributed by atoms with van der Waals surface area (Å²) in [7, 11) is 0. The minimum absolute atomic E-state index is 0.0338. The predicted octanol–water partition coefficient (Wildman–Crippen LogP) is 3.61. The summed E-state index contributed by atoms with van der Waals surface area (Å²) < 4.78 is 6.43. The topological polar surface area (TPSA) is 75.6 Å². The first-order valence-corrected chi connectivity index (χ1v) is 8.65. The van der Waals surface area contributed by atoms with Crippen LogP contribution < -0.4 is 10.1 Å². The van der Waals surface area contributed by atoms with Crippen molar-refractivity contribution in [2.75, 3.05) is 0 Å². The highest BCUT2D eigenvalue weighted by atomic mass is 79.9. The Kier molecular flexibility index (Phi) is 6.04. The molecule has 0 radical (unpaired) electrons. The molecular weight excluding hydrogens is 362 g/mol. The van der Waals surface area contributed by atoms with E-state index in [9.17, 15) is 9.59 Å². The van der Waals surface area contributed by atoms with Crippen molar-refractivity contribution in [3.63, 3.8) is 0 Å². The molecule has 126 valence electrons. The monoisotopic (exact) mass is 383 g/mol. The van der Waals surface area contributed by atoms with E-state index in [-0.39, 0.29) is 24.0 Å². The van der Waals surface area contributed by atoms with Crippen LogP contribution in [0.5, 0.6) is 5.75 Å². The molecule has 0 aromatic heterocycles. The van der Waals surface area contributed by atoms with Gasteiger partial charge in [-0.3, -0.25) is 9.59 Å². The second-order valence-corrected chi connectivity index (χ2v) is 7.12. The zero-order chi connectivity index (χ0) is 17.0. The van der Waals surface area contributed by atoms with E-state index in [1.165, 1.54) is 0 Å². The molecule has 2 rings (SSSR count). The number of benzene rings is 1. The zero-order valence-electron chi connectivity index (χ0n) is 13.3. The molecule has 0 heterocycles. The van der Waals surface area contributed by atoms with Crippen LogP contribution in [0, 0.1) is 5.92 Å². The van der Waals surface area contributed by atoms with Crippen molar-refractivity contribution in [3.05, 3.63) is 28.2 Å². The molecule has 1 aromatic carbocycles. The third-order valence-corrected chi connectivity index (χ3v) is 4.37. The van der Waals surface area contributed by atoms with Crippen molar-refractivity contribution in [1.82, 2.24) is 5.32 Å². The Labute approximate surface area is 144 Å². The van der Waals surface area contributed by atoms with Gasteiger partial charge < -0.3 is 15.2 Å². The van der Waals surface area contributed by atoms with Gasteiger partial charge in [0.15, 0.2) is 0 Å². The summed E-state index contributed by atoms with van der Waals surface area (Å²) in [6, 6.07) is 5.34. The fourth-order valence-corrected chi connectivity index (χ4v) is 3.26. The maximum atomic E-state index is 12.4. The van der Waals surface area contributed by atoms with Gasteiger partial charge in [0.25, 0.3) is 5.91 Å². The molecule has 0 aliphatic heterocycles. The van der Waals surface area contributed by atoms with Crippen molar-refractivity contribution in [2.24, 2.45) is 5.92 Å². The number of amides is 1. The van der Waals surface area contributed by atoms with Crippen LogP contribution in [0.1, 0.15) is 49.9 Å². The fourth-order valence-electron chi connectivity index (χ4n) is 2.79. The van der Waals surface area contributed by atoms with Crippen LogP contribution in [-0.2, 0) is 4.79 Å². The van der Waals surface area contributed by atoms with E-state index in [0.717, 1.165) is 4.47 Å². The van der Waals surface area contributed by atoms with Gasteiger partial charge in [0.05, 0.1) is 12.0 Å². The quantitative estimate of drug-likeness (QED) is 0.813. The second-order valence-electron chi connectivity index (χ2n) is 6.20. The van der Waals surface area contributed by atoms with Crippen molar-refractivity contribution >= 4 is 27.8 Å². The van der Waals surface area contributed by atoms with Gasteiger partial charge in [-0.05, 0) is 57.7 Å². The van der Waals surface area contributed by atoms with E-state index in [2.05, 4.69) is 21.2 Å². The number of nitrogens with one attached hydrogen (secondary N) is 1. The molecule has 0 atom stereocenters. The van der Waals surface area contributed by atoms with Crippen LogP contribution in [0.3, 0.4) is 0 Å². The number of hydrogen-bond acceptors (Lipinski definition) is 3. The molecule has 1 aromatic rings. The van der Waals surface area contributed by atoms with Crippen molar-refractivity contribution in [1.29, 1.82) is 0 Å². The first-order chi connectivity index (χ1) is 10.8. The Balaban J connectivity index is 1.98. The second kappa shape index (κ2) is 7.81. The number of halogens is 1. The average Bonchev–Trinajstić information content (AvgIpc) is 2.46. The summed E-state index contributed by atoms with van der Waals surface area (Å²) in [6.07, 6.45) is 2.66. The van der Waals surface area contributed by atoms with Crippen LogP contribution in [0.25, 0.3) is 0 Å². The largest absolute Gasteiger partial charge is 0.491 e. The lowest BCUT2D eigenvalue weighted by atomic mass is 9.86. The molecule has 1 fully saturated rings. The molecule has 5 nitrogen and oxygen atoms in total. The number of carbonyl (C=O) groups excluding carboxylic acids is 1. The molecule has 1 aliphatic rings. The van der Waals surface area contributed by atoms with Gasteiger partial charge in [-0.1, -0.05) is 15.9 Å². The molecule has 0 bridgehead atoms. The average molecular weight is 384 g/mol. The first-order valence-electron chi connectivity index (χ1n) is 7.86. The molecule has 1 aliphatic carbocycles. The minimum Gasteiger partial charge on any atom is -0.491 e. The van der Waals surface area contributed by atoms with Crippen LogP contribution in [0.2, 0.25) is 0 Å².